The van der Waals surface area contributed by atoms with E-state index >= 15 is 0 Å². The summed E-state index contributed by atoms with van der Waals surface area (Å²) in [7, 11) is 0. The van der Waals surface area contributed by atoms with Crippen molar-refractivity contribution in [3.8, 4) is 0 Å². The fourth-order valence-electron chi connectivity index (χ4n) is 2.50. The number of primary amides is 1. The van der Waals surface area contributed by atoms with Crippen molar-refractivity contribution in [3.63, 3.8) is 0 Å². The number of carboxylic acids is 1. The predicted molar refractivity (Wildman–Crippen MR) is 81.1 cm³/mol. The molecule has 0 saturated heterocycles. The van der Waals surface area contributed by atoms with E-state index in [1.807, 2.05) is 6.26 Å². The third-order valence-corrected chi connectivity index (χ3v) is 5.20. The molecule has 0 aromatic heterocycles. The van der Waals surface area contributed by atoms with Crippen molar-refractivity contribution in [1.82, 2.24) is 10.6 Å². The Morgan fingerprint density at radius 3 is 2.38 bits per heavy atom. The number of hydrogen-bond donors (Lipinski definition) is 4. The SMILES string of the molecule is CSC1(CNC(=O)N[C@H](CC(N)=O)C(=O)O)CCCCC1. The third kappa shape index (κ3) is 5.82. The molecule has 21 heavy (non-hydrogen) atoms. The number of hydrogen-bond acceptors (Lipinski definition) is 4. The van der Waals surface area contributed by atoms with E-state index in [9.17, 15) is 14.4 Å². The molecular weight excluding hydrogens is 294 g/mol. The molecule has 1 fully saturated rings. The van der Waals surface area contributed by atoms with E-state index in [1.165, 1.54) is 6.42 Å². The summed E-state index contributed by atoms with van der Waals surface area (Å²) in [5, 5.41) is 13.9. The highest BCUT2D eigenvalue weighted by molar-refractivity contribution is 8.00. The molecule has 120 valence electrons. The summed E-state index contributed by atoms with van der Waals surface area (Å²) in [6.07, 6.45) is 7.19. The molecule has 1 saturated carbocycles. The Balaban J connectivity index is 2.48. The van der Waals surface area contributed by atoms with Crippen LogP contribution in [-0.4, -0.2) is 46.6 Å². The first-order chi connectivity index (χ1) is 9.88. The number of amides is 3. The van der Waals surface area contributed by atoms with Gasteiger partial charge in [0, 0.05) is 11.3 Å². The third-order valence-electron chi connectivity index (χ3n) is 3.78. The van der Waals surface area contributed by atoms with E-state index in [4.69, 9.17) is 10.8 Å². The largest absolute Gasteiger partial charge is 0.480 e. The molecule has 0 aromatic rings. The average molecular weight is 317 g/mol. The Bertz CT molecular complexity index is 397. The van der Waals surface area contributed by atoms with Crippen molar-refractivity contribution in [2.75, 3.05) is 12.8 Å². The van der Waals surface area contributed by atoms with Crippen LogP contribution in [0.15, 0.2) is 0 Å². The molecule has 0 radical (unpaired) electrons. The Labute approximate surface area is 128 Å². The number of carbonyl (C=O) groups is 3. The molecule has 1 rings (SSSR count). The summed E-state index contributed by atoms with van der Waals surface area (Å²) in [5.41, 5.74) is 4.96. The summed E-state index contributed by atoms with van der Waals surface area (Å²) in [5.74, 6) is -2.04. The highest BCUT2D eigenvalue weighted by Gasteiger charge is 2.32. The van der Waals surface area contributed by atoms with Crippen LogP contribution in [0.4, 0.5) is 4.79 Å². The van der Waals surface area contributed by atoms with Crippen LogP contribution in [0.1, 0.15) is 38.5 Å². The molecule has 0 unspecified atom stereocenters. The van der Waals surface area contributed by atoms with E-state index in [-0.39, 0.29) is 4.75 Å². The van der Waals surface area contributed by atoms with Crippen molar-refractivity contribution in [3.05, 3.63) is 0 Å². The van der Waals surface area contributed by atoms with Crippen LogP contribution in [0.25, 0.3) is 0 Å². The highest BCUT2D eigenvalue weighted by atomic mass is 32.2. The number of thioether (sulfide) groups is 1. The Morgan fingerprint density at radius 2 is 1.90 bits per heavy atom. The van der Waals surface area contributed by atoms with Crippen molar-refractivity contribution < 1.29 is 19.5 Å². The highest BCUT2D eigenvalue weighted by Crippen LogP contribution is 2.37. The minimum atomic E-state index is -1.29. The van der Waals surface area contributed by atoms with E-state index < -0.39 is 30.4 Å². The van der Waals surface area contributed by atoms with Gasteiger partial charge in [-0.25, -0.2) is 9.59 Å². The van der Waals surface area contributed by atoms with Crippen molar-refractivity contribution in [1.29, 1.82) is 0 Å². The number of carboxylic acid groups (broad SMARTS) is 1. The fraction of sp³-hybridized carbons (Fsp3) is 0.769. The van der Waals surface area contributed by atoms with Gasteiger partial charge in [-0.1, -0.05) is 19.3 Å². The van der Waals surface area contributed by atoms with Gasteiger partial charge in [0.1, 0.15) is 6.04 Å². The summed E-state index contributed by atoms with van der Waals surface area (Å²) in [4.78, 5) is 33.5. The summed E-state index contributed by atoms with van der Waals surface area (Å²) >= 11 is 1.74. The quantitative estimate of drug-likeness (QED) is 0.550. The van der Waals surface area contributed by atoms with Gasteiger partial charge < -0.3 is 21.5 Å². The lowest BCUT2D eigenvalue weighted by molar-refractivity contribution is -0.140. The maximum absolute atomic E-state index is 11.8. The Morgan fingerprint density at radius 1 is 1.29 bits per heavy atom. The molecule has 0 bridgehead atoms. The van der Waals surface area contributed by atoms with Crippen LogP contribution < -0.4 is 16.4 Å². The molecule has 0 aliphatic heterocycles. The molecule has 1 atom stereocenters. The minimum Gasteiger partial charge on any atom is -0.480 e. The van der Waals surface area contributed by atoms with Gasteiger partial charge in [0.2, 0.25) is 5.91 Å². The van der Waals surface area contributed by atoms with Gasteiger partial charge in [-0.05, 0) is 19.1 Å². The molecule has 0 heterocycles. The van der Waals surface area contributed by atoms with Gasteiger partial charge in [-0.2, -0.15) is 11.8 Å². The smallest absolute Gasteiger partial charge is 0.326 e. The van der Waals surface area contributed by atoms with Crippen molar-refractivity contribution >= 4 is 29.7 Å². The molecule has 3 amide bonds. The number of carbonyl (C=O) groups excluding carboxylic acids is 2. The molecule has 0 spiro atoms. The number of nitrogens with one attached hydrogen (secondary N) is 2. The lowest BCUT2D eigenvalue weighted by Gasteiger charge is -2.35. The van der Waals surface area contributed by atoms with E-state index in [0.29, 0.717) is 6.54 Å². The molecule has 7 nitrogen and oxygen atoms in total. The van der Waals surface area contributed by atoms with Gasteiger partial charge in [0.25, 0.3) is 0 Å². The molecular formula is C13H23N3O4S. The van der Waals surface area contributed by atoms with Gasteiger partial charge in [-0.3, -0.25) is 4.79 Å². The maximum atomic E-state index is 11.8. The number of nitrogens with two attached hydrogens (primary N) is 1. The van der Waals surface area contributed by atoms with Crippen LogP contribution in [-0.2, 0) is 9.59 Å². The molecule has 8 heteroatoms. The van der Waals surface area contributed by atoms with Gasteiger partial charge in [0.05, 0.1) is 6.42 Å². The summed E-state index contributed by atoms with van der Waals surface area (Å²) in [6.45, 7) is 0.489. The number of aliphatic carboxylic acids is 1. The second kappa shape index (κ2) is 8.11. The second-order valence-electron chi connectivity index (χ2n) is 5.34. The number of rotatable bonds is 7. The Hall–Kier alpha value is -1.44. The zero-order valence-electron chi connectivity index (χ0n) is 12.2. The fourth-order valence-corrected chi connectivity index (χ4v) is 3.41. The van der Waals surface area contributed by atoms with Crippen LogP contribution in [0.5, 0.6) is 0 Å². The van der Waals surface area contributed by atoms with E-state index in [0.717, 1.165) is 25.7 Å². The lowest BCUT2D eigenvalue weighted by Crippen LogP contribution is -2.51. The average Bonchev–Trinajstić information content (AvgIpc) is 2.45. The first-order valence-corrected chi connectivity index (χ1v) is 8.22. The monoisotopic (exact) mass is 317 g/mol. The zero-order chi connectivity index (χ0) is 15.9. The first kappa shape index (κ1) is 17.6. The normalized spacial score (nSPS) is 18.5. The molecule has 5 N–H and O–H groups in total. The van der Waals surface area contributed by atoms with Crippen LogP contribution >= 0.6 is 11.8 Å². The predicted octanol–water partition coefficient (Wildman–Crippen LogP) is 0.680. The maximum Gasteiger partial charge on any atom is 0.326 e. The van der Waals surface area contributed by atoms with E-state index in [1.54, 1.807) is 11.8 Å². The van der Waals surface area contributed by atoms with Crippen LogP contribution in [0.3, 0.4) is 0 Å². The molecule has 1 aliphatic rings. The van der Waals surface area contributed by atoms with Gasteiger partial charge >= 0.3 is 12.0 Å². The second-order valence-corrected chi connectivity index (χ2v) is 6.61. The van der Waals surface area contributed by atoms with Gasteiger partial charge in [-0.15, -0.1) is 0 Å². The van der Waals surface area contributed by atoms with Crippen molar-refractivity contribution in [2.45, 2.75) is 49.3 Å². The number of urea groups is 1. The minimum absolute atomic E-state index is 0.0258. The topological polar surface area (TPSA) is 122 Å². The lowest BCUT2D eigenvalue weighted by atomic mass is 9.88. The van der Waals surface area contributed by atoms with Crippen LogP contribution in [0.2, 0.25) is 0 Å². The zero-order valence-corrected chi connectivity index (χ0v) is 13.0. The van der Waals surface area contributed by atoms with Crippen molar-refractivity contribution in [2.24, 2.45) is 5.73 Å². The molecule has 1 aliphatic carbocycles. The van der Waals surface area contributed by atoms with Gasteiger partial charge in [0.15, 0.2) is 0 Å². The van der Waals surface area contributed by atoms with E-state index in [2.05, 4.69) is 10.6 Å². The first-order valence-electron chi connectivity index (χ1n) is 6.99. The molecule has 0 aromatic carbocycles. The summed E-state index contributed by atoms with van der Waals surface area (Å²) in [6, 6.07) is -1.87. The summed E-state index contributed by atoms with van der Waals surface area (Å²) < 4.78 is 0.0258. The standard InChI is InChI=1S/C13H23N3O4S/c1-21-13(5-3-2-4-6-13)8-15-12(20)16-9(11(18)19)7-10(14)17/h9H,2-8H2,1H3,(H2,14,17)(H,18,19)(H2,15,16,20)/t9-/m1/s1. The Kier molecular flexibility index (Phi) is 6.80. The van der Waals surface area contributed by atoms with Crippen LogP contribution in [0, 0.1) is 0 Å².